The highest BCUT2D eigenvalue weighted by molar-refractivity contribution is 8.76. The Morgan fingerprint density at radius 2 is 2.12 bits per heavy atom. The molecule has 0 saturated carbocycles. The van der Waals surface area contributed by atoms with Gasteiger partial charge in [0.2, 0.25) is 0 Å². The molecule has 90 valence electrons. The van der Waals surface area contributed by atoms with Gasteiger partial charge in [-0.1, -0.05) is 30.2 Å². The van der Waals surface area contributed by atoms with E-state index in [1.54, 1.807) is 10.8 Å². The second kappa shape index (κ2) is 10.00. The van der Waals surface area contributed by atoms with Crippen molar-refractivity contribution in [2.75, 3.05) is 18.8 Å². The van der Waals surface area contributed by atoms with Crippen LogP contribution in [0.3, 0.4) is 0 Å². The monoisotopic (exact) mass is 256 g/mol. The summed E-state index contributed by atoms with van der Waals surface area (Å²) in [6.07, 6.45) is 5.64. The van der Waals surface area contributed by atoms with E-state index in [1.807, 2.05) is 29.1 Å². The Morgan fingerprint density at radius 1 is 1.25 bits per heavy atom. The van der Waals surface area contributed by atoms with Crippen LogP contribution in [0.15, 0.2) is 29.4 Å². The molecule has 2 nitrogen and oxygen atoms in total. The number of pyridine rings is 1. The van der Waals surface area contributed by atoms with Crippen molar-refractivity contribution in [3.63, 3.8) is 0 Å². The Balaban J connectivity index is 1.89. The van der Waals surface area contributed by atoms with E-state index in [-0.39, 0.29) is 0 Å². The van der Waals surface area contributed by atoms with Crippen LogP contribution >= 0.6 is 21.6 Å². The lowest BCUT2D eigenvalue weighted by Gasteiger charge is -2.03. The van der Waals surface area contributed by atoms with Gasteiger partial charge in [0, 0.05) is 11.9 Å². The van der Waals surface area contributed by atoms with Gasteiger partial charge in [0.1, 0.15) is 5.03 Å². The third-order valence-corrected chi connectivity index (χ3v) is 4.42. The fourth-order valence-corrected chi connectivity index (χ4v) is 3.15. The van der Waals surface area contributed by atoms with E-state index in [4.69, 9.17) is 0 Å². The molecule has 1 aromatic rings. The lowest BCUT2D eigenvalue weighted by molar-refractivity contribution is 0.635. The van der Waals surface area contributed by atoms with Crippen molar-refractivity contribution < 1.29 is 0 Å². The molecular weight excluding hydrogens is 236 g/mol. The fraction of sp³-hybridized carbons (Fsp3) is 0.583. The number of hydrogen-bond donors (Lipinski definition) is 1. The number of nitrogens with one attached hydrogen (secondary N) is 1. The van der Waals surface area contributed by atoms with Crippen LogP contribution in [0, 0.1) is 0 Å². The summed E-state index contributed by atoms with van der Waals surface area (Å²) >= 11 is 0. The molecule has 4 heteroatoms. The van der Waals surface area contributed by atoms with Crippen LogP contribution in [0.2, 0.25) is 0 Å². The molecule has 0 aliphatic rings. The first-order valence-corrected chi connectivity index (χ1v) is 8.16. The highest BCUT2D eigenvalue weighted by atomic mass is 33.1. The van der Waals surface area contributed by atoms with E-state index >= 15 is 0 Å². The number of hydrogen-bond acceptors (Lipinski definition) is 4. The first kappa shape index (κ1) is 13.9. The minimum absolute atomic E-state index is 1.10. The smallest absolute Gasteiger partial charge is 0.106 e. The van der Waals surface area contributed by atoms with Crippen LogP contribution in [-0.4, -0.2) is 23.8 Å². The molecule has 0 aromatic carbocycles. The molecule has 0 aliphatic heterocycles. The van der Waals surface area contributed by atoms with Gasteiger partial charge in [-0.2, -0.15) is 0 Å². The standard InChI is InChI=1S/C12H20N2S2/c1-2-3-8-13-9-6-11-15-16-12-7-4-5-10-14-12/h4-5,7,10,13H,2-3,6,8-9,11H2,1H3. The van der Waals surface area contributed by atoms with Crippen molar-refractivity contribution in [3.05, 3.63) is 24.4 Å². The first-order valence-electron chi connectivity index (χ1n) is 5.84. The van der Waals surface area contributed by atoms with Crippen LogP contribution in [0.4, 0.5) is 0 Å². The van der Waals surface area contributed by atoms with Crippen LogP contribution < -0.4 is 5.32 Å². The predicted molar refractivity (Wildman–Crippen MR) is 74.9 cm³/mol. The predicted octanol–water partition coefficient (Wildman–Crippen LogP) is 3.60. The number of rotatable bonds is 9. The Kier molecular flexibility index (Phi) is 8.67. The average molecular weight is 256 g/mol. The van der Waals surface area contributed by atoms with Gasteiger partial charge in [0.15, 0.2) is 0 Å². The summed E-state index contributed by atoms with van der Waals surface area (Å²) in [7, 11) is 3.65. The lowest BCUT2D eigenvalue weighted by atomic mass is 10.3. The molecule has 0 fully saturated rings. The molecule has 1 rings (SSSR count). The van der Waals surface area contributed by atoms with Crippen molar-refractivity contribution in [1.82, 2.24) is 10.3 Å². The Bertz CT molecular complexity index is 254. The Hall–Kier alpha value is -0.190. The van der Waals surface area contributed by atoms with Crippen LogP contribution in [0.25, 0.3) is 0 Å². The highest BCUT2D eigenvalue weighted by Gasteiger charge is 1.94. The summed E-state index contributed by atoms with van der Waals surface area (Å²) in [5.74, 6) is 1.18. The summed E-state index contributed by atoms with van der Waals surface area (Å²) in [6.45, 7) is 4.52. The van der Waals surface area contributed by atoms with Gasteiger partial charge in [-0.05, 0) is 48.9 Å². The zero-order valence-electron chi connectivity index (χ0n) is 9.82. The number of aromatic nitrogens is 1. The molecular formula is C12H20N2S2. The minimum Gasteiger partial charge on any atom is -0.317 e. The Labute approximate surface area is 106 Å². The Morgan fingerprint density at radius 3 is 2.88 bits per heavy atom. The van der Waals surface area contributed by atoms with Crippen molar-refractivity contribution in [1.29, 1.82) is 0 Å². The molecule has 16 heavy (non-hydrogen) atoms. The number of nitrogens with zero attached hydrogens (tertiary/aromatic N) is 1. The third kappa shape index (κ3) is 7.14. The molecule has 0 bridgehead atoms. The third-order valence-electron chi connectivity index (χ3n) is 2.07. The lowest BCUT2D eigenvalue weighted by Crippen LogP contribution is -2.16. The van der Waals surface area contributed by atoms with Crippen molar-refractivity contribution in [2.45, 2.75) is 31.2 Å². The zero-order chi connectivity index (χ0) is 11.5. The summed E-state index contributed by atoms with van der Waals surface area (Å²) < 4.78 is 0. The van der Waals surface area contributed by atoms with E-state index in [0.717, 1.165) is 18.1 Å². The largest absolute Gasteiger partial charge is 0.317 e. The molecule has 0 radical (unpaired) electrons. The summed E-state index contributed by atoms with van der Waals surface area (Å²) in [6, 6.07) is 6.03. The van der Waals surface area contributed by atoms with Crippen molar-refractivity contribution >= 4 is 21.6 Å². The van der Waals surface area contributed by atoms with E-state index in [9.17, 15) is 0 Å². The zero-order valence-corrected chi connectivity index (χ0v) is 11.4. The van der Waals surface area contributed by atoms with E-state index in [2.05, 4.69) is 23.3 Å². The van der Waals surface area contributed by atoms with Crippen molar-refractivity contribution in [2.24, 2.45) is 0 Å². The molecule has 0 saturated heterocycles. The minimum atomic E-state index is 1.10. The van der Waals surface area contributed by atoms with Gasteiger partial charge >= 0.3 is 0 Å². The van der Waals surface area contributed by atoms with Gasteiger partial charge in [0.25, 0.3) is 0 Å². The van der Waals surface area contributed by atoms with Gasteiger partial charge < -0.3 is 5.32 Å². The van der Waals surface area contributed by atoms with Crippen LogP contribution in [0.5, 0.6) is 0 Å². The van der Waals surface area contributed by atoms with Gasteiger partial charge in [0.05, 0.1) is 0 Å². The quantitative estimate of drug-likeness (QED) is 0.539. The van der Waals surface area contributed by atoms with E-state index in [0.29, 0.717) is 0 Å². The van der Waals surface area contributed by atoms with Crippen LogP contribution in [-0.2, 0) is 0 Å². The maximum absolute atomic E-state index is 4.26. The maximum Gasteiger partial charge on any atom is 0.106 e. The van der Waals surface area contributed by atoms with Gasteiger partial charge in [-0.25, -0.2) is 4.98 Å². The summed E-state index contributed by atoms with van der Waals surface area (Å²) in [4.78, 5) is 4.26. The van der Waals surface area contributed by atoms with Gasteiger partial charge in [-0.15, -0.1) is 0 Å². The average Bonchev–Trinajstić information content (AvgIpc) is 2.34. The molecule has 0 spiro atoms. The molecule has 1 heterocycles. The molecule has 1 N–H and O–H groups in total. The SMILES string of the molecule is CCCCNCCCSSc1ccccn1. The molecule has 1 aromatic heterocycles. The first-order chi connectivity index (χ1) is 7.93. The summed E-state index contributed by atoms with van der Waals surface area (Å²) in [5, 5.41) is 4.55. The number of unbranched alkanes of at least 4 members (excludes halogenated alkanes) is 1. The highest BCUT2D eigenvalue weighted by Crippen LogP contribution is 2.28. The maximum atomic E-state index is 4.26. The molecule has 0 atom stereocenters. The molecule has 0 amide bonds. The second-order valence-electron chi connectivity index (χ2n) is 3.53. The van der Waals surface area contributed by atoms with Crippen molar-refractivity contribution in [3.8, 4) is 0 Å². The van der Waals surface area contributed by atoms with Gasteiger partial charge in [-0.3, -0.25) is 0 Å². The second-order valence-corrected chi connectivity index (χ2v) is 5.97. The summed E-state index contributed by atoms with van der Waals surface area (Å²) in [5.41, 5.74) is 0. The fourth-order valence-electron chi connectivity index (χ4n) is 1.18. The van der Waals surface area contributed by atoms with Crippen LogP contribution in [0.1, 0.15) is 26.2 Å². The molecule has 0 aliphatic carbocycles. The van der Waals surface area contributed by atoms with E-state index in [1.165, 1.54) is 25.0 Å². The molecule has 0 unspecified atom stereocenters. The normalized spacial score (nSPS) is 10.6. The van der Waals surface area contributed by atoms with E-state index < -0.39 is 0 Å². The topological polar surface area (TPSA) is 24.9 Å².